The van der Waals surface area contributed by atoms with Gasteiger partial charge in [0.1, 0.15) is 58.8 Å². The predicted molar refractivity (Wildman–Crippen MR) is 365 cm³/mol. The fraction of sp³-hybridized carbons (Fsp3) is 0.600. The molecule has 10 atom stereocenters. The third-order valence-corrected chi connectivity index (χ3v) is 20.4. The van der Waals surface area contributed by atoms with E-state index in [9.17, 15) is 38.4 Å². The van der Waals surface area contributed by atoms with Crippen LogP contribution in [0, 0.1) is 17.8 Å². The lowest BCUT2D eigenvalue weighted by molar-refractivity contribution is -0.150. The van der Waals surface area contributed by atoms with Crippen LogP contribution in [0.5, 0.6) is 0 Å². The third-order valence-electron chi connectivity index (χ3n) is 19.3. The Kier molecular flexibility index (Phi) is 25.9. The molecule has 4 aliphatic heterocycles. The minimum atomic E-state index is -1.17. The van der Waals surface area contributed by atoms with E-state index in [1.54, 1.807) is 23.5 Å². The minimum absolute atomic E-state index is 0. The summed E-state index contributed by atoms with van der Waals surface area (Å²) in [5.74, 6) is -2.45. The number of aromatic nitrogens is 6. The van der Waals surface area contributed by atoms with Gasteiger partial charge in [-0.3, -0.25) is 19.2 Å². The van der Waals surface area contributed by atoms with Crippen molar-refractivity contribution >= 4 is 79.6 Å². The second-order valence-corrected chi connectivity index (χ2v) is 27.7. The summed E-state index contributed by atoms with van der Waals surface area (Å²) in [6.45, 7) is 6.51. The summed E-state index contributed by atoms with van der Waals surface area (Å²) >= 11 is 6.83. The normalized spacial score (nSPS) is 28.4. The molecule has 2 saturated heterocycles. The van der Waals surface area contributed by atoms with Gasteiger partial charge in [0.25, 0.3) is 0 Å². The van der Waals surface area contributed by atoms with Crippen molar-refractivity contribution in [1.82, 2.24) is 61.5 Å². The van der Waals surface area contributed by atoms with Crippen LogP contribution in [0.15, 0.2) is 94.2 Å². The number of fused-ring (bicyclic) bond motifs is 4. The second-order valence-electron chi connectivity index (χ2n) is 26.2. The first-order chi connectivity index (χ1) is 46.0. The molecule has 4 aromatic rings. The van der Waals surface area contributed by atoms with Crippen molar-refractivity contribution in [3.05, 3.63) is 94.2 Å². The molecule has 520 valence electrons. The van der Waals surface area contributed by atoms with Crippen molar-refractivity contribution in [1.29, 1.82) is 0 Å². The lowest BCUT2D eigenvalue weighted by Gasteiger charge is -2.30. The molecule has 24 nitrogen and oxygen atoms in total. The van der Waals surface area contributed by atoms with Gasteiger partial charge in [-0.1, -0.05) is 125 Å². The molecule has 6 fully saturated rings. The minimum Gasteiger partial charge on any atom is -0.464 e. The molecule has 6 heterocycles. The van der Waals surface area contributed by atoms with Crippen molar-refractivity contribution in [2.75, 3.05) is 26.3 Å². The van der Waals surface area contributed by atoms with Crippen LogP contribution in [-0.4, -0.2) is 162 Å². The van der Waals surface area contributed by atoms with E-state index in [0.29, 0.717) is 55.4 Å². The first kappa shape index (κ1) is 72.8. The zero-order valence-electron chi connectivity index (χ0n) is 54.5. The summed E-state index contributed by atoms with van der Waals surface area (Å²) in [5.41, 5.74) is 1.18. The molecule has 0 unspecified atom stereocenters. The van der Waals surface area contributed by atoms with Crippen molar-refractivity contribution in [3.63, 3.8) is 0 Å². The monoisotopic (exact) mass is 1450 g/mol. The summed E-state index contributed by atoms with van der Waals surface area (Å²) in [4.78, 5) is 112. The second kappa shape index (κ2) is 34.1. The molecular formula is C70H94Br2N12O12. The smallest absolute Gasteiger partial charge is 0.408 e. The Morgan fingerprint density at radius 1 is 0.573 bits per heavy atom. The fourth-order valence-corrected chi connectivity index (χ4v) is 14.8. The number of carbonyl (C=O) groups is 8. The number of benzene rings is 2. The van der Waals surface area contributed by atoms with Gasteiger partial charge < -0.3 is 50.0 Å². The zero-order chi connectivity index (χ0) is 67.1. The third kappa shape index (κ3) is 18.2. The van der Waals surface area contributed by atoms with Crippen LogP contribution < -0.4 is 21.3 Å². The molecule has 4 aliphatic carbocycles. The molecule has 5 N–H and O–H groups in total. The van der Waals surface area contributed by atoms with E-state index in [2.05, 4.69) is 85.8 Å². The maximum Gasteiger partial charge on any atom is 0.408 e. The number of alkyl carbamates (subject to hydrolysis) is 2. The molecule has 4 saturated carbocycles. The number of allylic oxidation sites excluding steroid dienone is 2. The highest BCUT2D eigenvalue weighted by molar-refractivity contribution is 9.10. The number of nitrogens with zero attached hydrogens (tertiary/aromatic N) is 7. The van der Waals surface area contributed by atoms with E-state index in [0.717, 1.165) is 118 Å². The predicted octanol–water partition coefficient (Wildman–Crippen LogP) is 10.9. The summed E-state index contributed by atoms with van der Waals surface area (Å²) in [6.07, 6.45) is 23.5. The molecular weight excluding hydrogens is 1360 g/mol. The van der Waals surface area contributed by atoms with Crippen LogP contribution in [0.2, 0.25) is 0 Å². The van der Waals surface area contributed by atoms with Crippen LogP contribution >= 0.6 is 31.9 Å². The highest BCUT2D eigenvalue weighted by Gasteiger charge is 2.63. The number of H-pyrrole nitrogens is 1. The van der Waals surface area contributed by atoms with Crippen LogP contribution in [0.25, 0.3) is 22.5 Å². The quantitative estimate of drug-likeness (QED) is 0.0530. The number of ether oxygens (including phenoxy) is 4. The Balaban J connectivity index is 0.000000194. The lowest BCUT2D eigenvalue weighted by Crippen LogP contribution is -2.56. The van der Waals surface area contributed by atoms with E-state index in [1.807, 2.05) is 79.7 Å². The Labute approximate surface area is 578 Å². The van der Waals surface area contributed by atoms with Crippen molar-refractivity contribution in [2.45, 2.75) is 223 Å². The molecule has 0 radical (unpaired) electrons. The van der Waals surface area contributed by atoms with Gasteiger partial charge in [0.2, 0.25) is 23.6 Å². The average molecular weight is 1460 g/mol. The Morgan fingerprint density at radius 2 is 1.03 bits per heavy atom. The number of rotatable bonds is 11. The Bertz CT molecular complexity index is 3380. The molecule has 12 rings (SSSR count). The first-order valence-electron chi connectivity index (χ1n) is 34.2. The van der Waals surface area contributed by atoms with Crippen molar-refractivity contribution in [3.8, 4) is 22.5 Å². The Hall–Kier alpha value is -7.48. The van der Waals surface area contributed by atoms with Gasteiger partial charge in [-0.15, -0.1) is 10.2 Å². The number of halogens is 2. The molecule has 96 heavy (non-hydrogen) atoms. The summed E-state index contributed by atoms with van der Waals surface area (Å²) in [6, 6.07) is 15.9. The van der Waals surface area contributed by atoms with Crippen LogP contribution in [0.4, 0.5) is 9.59 Å². The number of nitrogens with one attached hydrogen (secondary N) is 5. The first-order valence-corrected chi connectivity index (χ1v) is 35.8. The van der Waals surface area contributed by atoms with Gasteiger partial charge in [-0.05, 0) is 161 Å². The number of hydrogen-bond donors (Lipinski definition) is 5. The van der Waals surface area contributed by atoms with Gasteiger partial charge >= 0.3 is 24.1 Å². The molecule has 0 spiro atoms. The molecule has 6 amide bonds. The SMILES string of the molecule is Brc1n[nH]nc1-c1ccccc1.C.CCOC(=O)[C@@]12C[C@H]1/C=C\CCCCC[C@H](NC(=O)OC1CCCC1)C(=O)N1C[C@@H](C)C[C@H]1C(=O)N2.CCOC(=O)[C@@]12C[C@H]1/C=C\CCCCC[C@H](NC(=O)OC1CCCC1)C(=O)N1C[C@H](n3nc(Br)c(-c4ccccc4)n3)C[C@H]1C(=O)N2. The number of aromatic amines is 1. The van der Waals surface area contributed by atoms with Gasteiger partial charge in [0.05, 0.1) is 19.3 Å². The topological polar surface area (TPSA) is 300 Å². The van der Waals surface area contributed by atoms with Crippen LogP contribution in [0.1, 0.15) is 175 Å². The molecule has 2 aromatic heterocycles. The summed E-state index contributed by atoms with van der Waals surface area (Å²) < 4.78 is 23.2. The van der Waals surface area contributed by atoms with Crippen LogP contribution in [-0.2, 0) is 47.7 Å². The van der Waals surface area contributed by atoms with Gasteiger partial charge in [-0.25, -0.2) is 19.2 Å². The Morgan fingerprint density at radius 3 is 1.50 bits per heavy atom. The molecule has 0 bridgehead atoms. The largest absolute Gasteiger partial charge is 0.464 e. The average Bonchev–Trinajstić information content (AvgIpc) is 1.60. The fourth-order valence-electron chi connectivity index (χ4n) is 14.0. The summed E-state index contributed by atoms with van der Waals surface area (Å²) in [5, 5.41) is 31.4. The van der Waals surface area contributed by atoms with Crippen LogP contribution in [0.3, 0.4) is 0 Å². The van der Waals surface area contributed by atoms with Crippen molar-refractivity contribution in [2.24, 2.45) is 17.8 Å². The molecule has 8 aliphatic rings. The van der Waals surface area contributed by atoms with Gasteiger partial charge in [-0.2, -0.15) is 20.2 Å². The number of hydrogen-bond acceptors (Lipinski definition) is 16. The maximum atomic E-state index is 14.4. The molecule has 2 aromatic carbocycles. The van der Waals surface area contributed by atoms with E-state index >= 15 is 0 Å². The number of carbonyl (C=O) groups excluding carboxylic acids is 8. The number of esters is 2. The number of amides is 6. The van der Waals surface area contributed by atoms with Gasteiger partial charge in [0.15, 0.2) is 9.21 Å². The highest BCUT2D eigenvalue weighted by atomic mass is 79.9. The standard InChI is InChI=1S/C34H43BrN6O6.C27H41N3O6.C8H6BrN3.CH4/c1-2-46-32(44)34-20-23(34)15-9-4-3-5-10-18-26(36-33(45)47-25-16-11-12-17-25)31(43)40-21-24(19-27(40)30(42)37-34)41-38-28(29(35)39-41)22-13-7-6-8-14-22;1-3-35-25(33)27-16-19(27)11-7-5-4-6-8-14-21(28-26(34)36-20-12-9-10-13-20)24(32)30-17-18(2)15-22(30)23(31)29-27;9-8-7(10-12-11-8)6-4-2-1-3-5-6;/h6-9,13-15,23-27H,2-5,10-12,16-21H2,1H3,(H,36,45)(H,37,42);7,11,18-22H,3-6,8-10,12-17H2,1-2H3,(H,28,34)(H,29,31);1-5H,(H,10,11,12);1H4/b15-9-;11-7-;;/t23-,24-,26+,27+,34-;18-,19+,21-,22-,27+;;/m10../s1. The van der Waals surface area contributed by atoms with E-state index < -0.39 is 71.3 Å². The van der Waals surface area contributed by atoms with E-state index in [-0.39, 0.29) is 81.3 Å². The maximum absolute atomic E-state index is 14.4. The zero-order valence-corrected chi connectivity index (χ0v) is 57.7. The van der Waals surface area contributed by atoms with E-state index in [4.69, 9.17) is 24.0 Å². The molecule has 26 heteroatoms. The van der Waals surface area contributed by atoms with Crippen molar-refractivity contribution < 1.29 is 57.3 Å². The lowest BCUT2D eigenvalue weighted by atomic mass is 10.0. The highest BCUT2D eigenvalue weighted by Crippen LogP contribution is 2.48. The van der Waals surface area contributed by atoms with Gasteiger partial charge in [0, 0.05) is 42.5 Å². The van der Waals surface area contributed by atoms with E-state index in [1.165, 1.54) is 4.90 Å². The summed E-state index contributed by atoms with van der Waals surface area (Å²) in [7, 11) is 0.